The molecule has 0 aliphatic heterocycles. The Morgan fingerprint density at radius 1 is 1.25 bits per heavy atom. The van der Waals surface area contributed by atoms with Crippen molar-refractivity contribution in [2.45, 2.75) is 39.7 Å². The van der Waals surface area contributed by atoms with Gasteiger partial charge in [0.1, 0.15) is 0 Å². The first-order chi connectivity index (χ1) is 11.6. The minimum atomic E-state index is -0.0505. The number of nitrogens with zero attached hydrogens (tertiary/aromatic N) is 1. The second-order valence-electron chi connectivity index (χ2n) is 6.10. The van der Waals surface area contributed by atoms with E-state index in [1.165, 1.54) is 16.9 Å². The highest BCUT2D eigenvalue weighted by atomic mass is 32.1. The first kappa shape index (κ1) is 16.7. The van der Waals surface area contributed by atoms with Crippen LogP contribution >= 0.6 is 11.3 Å². The second-order valence-corrected chi connectivity index (χ2v) is 7.24. The molecule has 1 aliphatic carbocycles. The highest BCUT2D eigenvalue weighted by Gasteiger charge is 2.18. The highest BCUT2D eigenvalue weighted by Crippen LogP contribution is 2.31. The largest absolute Gasteiger partial charge is 0.339 e. The summed E-state index contributed by atoms with van der Waals surface area (Å²) in [5, 5.41) is 2.98. The van der Waals surface area contributed by atoms with Gasteiger partial charge in [-0.2, -0.15) is 0 Å². The minimum Gasteiger partial charge on any atom is -0.339 e. The van der Waals surface area contributed by atoms with Gasteiger partial charge < -0.3 is 10.2 Å². The first-order valence-electron chi connectivity index (χ1n) is 8.34. The van der Waals surface area contributed by atoms with E-state index in [4.69, 9.17) is 0 Å². The molecule has 1 N–H and O–H groups in total. The molecule has 4 nitrogen and oxygen atoms in total. The fraction of sp³-hybridized carbons (Fsp3) is 0.368. The Kier molecular flexibility index (Phi) is 5.00. The molecular weight excluding hydrogens is 320 g/mol. The van der Waals surface area contributed by atoms with Crippen molar-refractivity contribution in [2.24, 2.45) is 0 Å². The number of benzene rings is 1. The normalized spacial score (nSPS) is 12.8. The van der Waals surface area contributed by atoms with E-state index in [1.807, 2.05) is 37.3 Å². The summed E-state index contributed by atoms with van der Waals surface area (Å²) in [4.78, 5) is 27.9. The number of fused-ring (bicyclic) bond motifs is 1. The third-order valence-corrected chi connectivity index (χ3v) is 5.59. The van der Waals surface area contributed by atoms with Gasteiger partial charge in [-0.3, -0.25) is 9.59 Å². The van der Waals surface area contributed by atoms with E-state index in [0.29, 0.717) is 13.1 Å². The molecule has 1 heterocycles. The lowest BCUT2D eigenvalue weighted by Crippen LogP contribution is -2.27. The van der Waals surface area contributed by atoms with Gasteiger partial charge in [-0.1, -0.05) is 12.1 Å². The summed E-state index contributed by atoms with van der Waals surface area (Å²) in [5.74, 6) is 0.00510. The van der Waals surface area contributed by atoms with Gasteiger partial charge in [0.15, 0.2) is 0 Å². The van der Waals surface area contributed by atoms with Gasteiger partial charge in [0, 0.05) is 30.6 Å². The Bertz CT molecular complexity index is 745. The molecule has 0 saturated carbocycles. The number of thiophene rings is 1. The maximum atomic E-state index is 12.5. The molecule has 0 spiro atoms. The number of aryl methyl sites for hydroxylation is 2. The molecule has 2 amide bonds. The molecule has 2 aromatic rings. The van der Waals surface area contributed by atoms with E-state index in [2.05, 4.69) is 5.32 Å². The van der Waals surface area contributed by atoms with Gasteiger partial charge >= 0.3 is 0 Å². The van der Waals surface area contributed by atoms with Crippen molar-refractivity contribution in [1.29, 1.82) is 0 Å². The van der Waals surface area contributed by atoms with Crippen LogP contribution in [0, 0.1) is 0 Å². The Hall–Kier alpha value is -2.14. The van der Waals surface area contributed by atoms with Crippen molar-refractivity contribution in [3.8, 4) is 0 Å². The zero-order chi connectivity index (χ0) is 17.1. The molecule has 1 aromatic heterocycles. The molecule has 0 radical (unpaired) electrons. The van der Waals surface area contributed by atoms with Crippen LogP contribution in [-0.2, 0) is 24.2 Å². The summed E-state index contributed by atoms with van der Waals surface area (Å²) >= 11 is 1.61. The van der Waals surface area contributed by atoms with Gasteiger partial charge in [0.2, 0.25) is 5.91 Å². The van der Waals surface area contributed by atoms with E-state index >= 15 is 0 Å². The van der Waals surface area contributed by atoms with E-state index < -0.39 is 0 Å². The third kappa shape index (κ3) is 3.67. The van der Waals surface area contributed by atoms with Crippen LogP contribution in [0.4, 0.5) is 5.69 Å². The standard InChI is InChI=1S/C19H22N2O2S/c1-3-21(13(2)22)12-14-6-4-8-16(10-14)20-19(23)18-11-15-7-5-9-17(15)24-18/h4,6,8,10-11H,3,5,7,9,12H2,1-2H3,(H,20,23). The molecular formula is C19H22N2O2S. The van der Waals surface area contributed by atoms with Crippen molar-refractivity contribution in [2.75, 3.05) is 11.9 Å². The van der Waals surface area contributed by atoms with Crippen LogP contribution in [0.25, 0.3) is 0 Å². The molecule has 126 valence electrons. The number of hydrogen-bond donors (Lipinski definition) is 1. The molecule has 0 fully saturated rings. The Morgan fingerprint density at radius 2 is 2.08 bits per heavy atom. The topological polar surface area (TPSA) is 49.4 Å². The predicted molar refractivity (Wildman–Crippen MR) is 97.5 cm³/mol. The zero-order valence-corrected chi connectivity index (χ0v) is 14.9. The summed E-state index contributed by atoms with van der Waals surface area (Å²) < 4.78 is 0. The van der Waals surface area contributed by atoms with Crippen molar-refractivity contribution < 1.29 is 9.59 Å². The van der Waals surface area contributed by atoms with Gasteiger partial charge in [0.05, 0.1) is 4.88 Å². The average Bonchev–Trinajstić information content (AvgIpc) is 3.14. The molecule has 3 rings (SSSR count). The van der Waals surface area contributed by atoms with Crippen LogP contribution < -0.4 is 5.32 Å². The Labute approximate surface area is 146 Å². The molecule has 24 heavy (non-hydrogen) atoms. The van der Waals surface area contributed by atoms with Gasteiger partial charge in [-0.15, -0.1) is 11.3 Å². The van der Waals surface area contributed by atoms with E-state index in [-0.39, 0.29) is 11.8 Å². The second kappa shape index (κ2) is 7.18. The summed E-state index contributed by atoms with van der Waals surface area (Å²) in [6.07, 6.45) is 3.39. The van der Waals surface area contributed by atoms with Crippen LogP contribution in [0.5, 0.6) is 0 Å². The molecule has 5 heteroatoms. The molecule has 0 bridgehead atoms. The van der Waals surface area contributed by atoms with Crippen molar-refractivity contribution >= 4 is 28.8 Å². The lowest BCUT2D eigenvalue weighted by Gasteiger charge is -2.19. The number of amides is 2. The SMILES string of the molecule is CCN(Cc1cccc(NC(=O)c2cc3c(s2)CCC3)c1)C(C)=O. The van der Waals surface area contributed by atoms with Crippen LogP contribution in [0.3, 0.4) is 0 Å². The lowest BCUT2D eigenvalue weighted by molar-refractivity contribution is -0.129. The third-order valence-electron chi connectivity index (χ3n) is 4.36. The lowest BCUT2D eigenvalue weighted by atomic mass is 10.2. The highest BCUT2D eigenvalue weighted by molar-refractivity contribution is 7.14. The molecule has 0 saturated heterocycles. The predicted octanol–water partition coefficient (Wildman–Crippen LogP) is 3.86. The van der Waals surface area contributed by atoms with Gasteiger partial charge in [0.25, 0.3) is 5.91 Å². The summed E-state index contributed by atoms with van der Waals surface area (Å²) in [7, 11) is 0. The van der Waals surface area contributed by atoms with Gasteiger partial charge in [-0.25, -0.2) is 0 Å². The number of carbonyl (C=O) groups excluding carboxylic acids is 2. The van der Waals surface area contributed by atoms with Crippen molar-refractivity contribution in [3.05, 3.63) is 51.2 Å². The Balaban J connectivity index is 1.69. The Morgan fingerprint density at radius 3 is 2.79 bits per heavy atom. The monoisotopic (exact) mass is 342 g/mol. The fourth-order valence-corrected chi connectivity index (χ4v) is 4.20. The number of nitrogens with one attached hydrogen (secondary N) is 1. The fourth-order valence-electron chi connectivity index (χ4n) is 3.05. The summed E-state index contributed by atoms with van der Waals surface area (Å²) in [5.41, 5.74) is 3.11. The molecule has 1 aliphatic rings. The average molecular weight is 342 g/mol. The summed E-state index contributed by atoms with van der Waals surface area (Å²) in [6, 6.07) is 9.73. The molecule has 0 atom stereocenters. The quantitative estimate of drug-likeness (QED) is 0.897. The number of rotatable bonds is 5. The van der Waals surface area contributed by atoms with Crippen LogP contribution in [0.15, 0.2) is 30.3 Å². The molecule has 1 aromatic carbocycles. The zero-order valence-electron chi connectivity index (χ0n) is 14.1. The maximum absolute atomic E-state index is 12.5. The maximum Gasteiger partial charge on any atom is 0.265 e. The van der Waals surface area contributed by atoms with Gasteiger partial charge in [-0.05, 0) is 55.5 Å². The van der Waals surface area contributed by atoms with Crippen molar-refractivity contribution in [1.82, 2.24) is 4.90 Å². The molecule has 0 unspecified atom stereocenters. The first-order valence-corrected chi connectivity index (χ1v) is 9.16. The van der Waals surface area contributed by atoms with E-state index in [0.717, 1.165) is 29.0 Å². The van der Waals surface area contributed by atoms with Crippen LogP contribution in [0.1, 0.15) is 45.9 Å². The smallest absolute Gasteiger partial charge is 0.265 e. The van der Waals surface area contributed by atoms with Crippen molar-refractivity contribution in [3.63, 3.8) is 0 Å². The van der Waals surface area contributed by atoms with Crippen LogP contribution in [0.2, 0.25) is 0 Å². The number of hydrogen-bond acceptors (Lipinski definition) is 3. The van der Waals surface area contributed by atoms with E-state index in [1.54, 1.807) is 23.2 Å². The van der Waals surface area contributed by atoms with Crippen LogP contribution in [-0.4, -0.2) is 23.3 Å². The number of carbonyl (C=O) groups is 2. The summed E-state index contributed by atoms with van der Waals surface area (Å²) in [6.45, 7) is 4.77. The minimum absolute atomic E-state index is 0.0505. The van der Waals surface area contributed by atoms with E-state index in [9.17, 15) is 9.59 Å². The number of anilines is 1.